The Bertz CT molecular complexity index is 657. The van der Waals surface area contributed by atoms with Crippen molar-refractivity contribution in [2.75, 3.05) is 18.2 Å². The summed E-state index contributed by atoms with van der Waals surface area (Å²) < 4.78 is 18.7. The number of methoxy groups -OCH3 is 1. The number of hydrogen-bond acceptors (Lipinski definition) is 4. The molecular formula is C15H15FN2O3. The van der Waals surface area contributed by atoms with Gasteiger partial charge in [0.15, 0.2) is 0 Å². The Morgan fingerprint density at radius 3 is 2.57 bits per heavy atom. The molecule has 0 fully saturated rings. The fourth-order valence-corrected chi connectivity index (χ4v) is 1.85. The summed E-state index contributed by atoms with van der Waals surface area (Å²) in [6, 6.07) is 9.55. The number of carboxylic acids is 1. The van der Waals surface area contributed by atoms with Crippen molar-refractivity contribution in [1.29, 1.82) is 0 Å². The molecule has 0 aliphatic rings. The first-order chi connectivity index (χ1) is 10.0. The molecule has 0 saturated carbocycles. The van der Waals surface area contributed by atoms with Crippen molar-refractivity contribution in [3.05, 3.63) is 53.3 Å². The van der Waals surface area contributed by atoms with Crippen LogP contribution in [-0.2, 0) is 6.54 Å². The van der Waals surface area contributed by atoms with Crippen LogP contribution < -0.4 is 15.8 Å². The topological polar surface area (TPSA) is 84.6 Å². The van der Waals surface area contributed by atoms with Crippen molar-refractivity contribution in [2.24, 2.45) is 0 Å². The van der Waals surface area contributed by atoms with E-state index in [1.165, 1.54) is 0 Å². The van der Waals surface area contributed by atoms with E-state index in [2.05, 4.69) is 5.32 Å². The second-order valence-electron chi connectivity index (χ2n) is 4.43. The molecule has 0 aliphatic carbocycles. The van der Waals surface area contributed by atoms with Crippen LogP contribution in [0.1, 0.15) is 15.9 Å². The highest BCUT2D eigenvalue weighted by atomic mass is 19.1. The number of halogens is 1. The van der Waals surface area contributed by atoms with Gasteiger partial charge in [0.05, 0.1) is 24.0 Å². The lowest BCUT2D eigenvalue weighted by atomic mass is 10.1. The van der Waals surface area contributed by atoms with Gasteiger partial charge in [-0.1, -0.05) is 12.1 Å². The number of anilines is 2. The maximum absolute atomic E-state index is 13.6. The third-order valence-electron chi connectivity index (χ3n) is 3.01. The second kappa shape index (κ2) is 6.13. The summed E-state index contributed by atoms with van der Waals surface area (Å²) in [6.07, 6.45) is 0. The molecule has 0 bridgehead atoms. The van der Waals surface area contributed by atoms with Crippen LogP contribution in [0, 0.1) is 5.82 Å². The third kappa shape index (κ3) is 3.42. The monoisotopic (exact) mass is 290 g/mol. The molecule has 0 aliphatic heterocycles. The average Bonchev–Trinajstić information content (AvgIpc) is 2.48. The number of nitrogen functional groups attached to an aromatic ring is 1. The van der Waals surface area contributed by atoms with Gasteiger partial charge < -0.3 is 20.9 Å². The number of aromatic carboxylic acids is 1. The minimum atomic E-state index is -1.35. The van der Waals surface area contributed by atoms with Crippen molar-refractivity contribution in [3.63, 3.8) is 0 Å². The van der Waals surface area contributed by atoms with Crippen molar-refractivity contribution < 1.29 is 19.0 Å². The molecule has 2 aromatic rings. The van der Waals surface area contributed by atoms with Gasteiger partial charge in [-0.2, -0.15) is 0 Å². The predicted molar refractivity (Wildman–Crippen MR) is 78.1 cm³/mol. The highest BCUT2D eigenvalue weighted by molar-refractivity contribution is 5.90. The van der Waals surface area contributed by atoms with Crippen LogP contribution in [-0.4, -0.2) is 18.2 Å². The van der Waals surface area contributed by atoms with Crippen molar-refractivity contribution >= 4 is 17.3 Å². The lowest BCUT2D eigenvalue weighted by Gasteiger charge is -2.11. The van der Waals surface area contributed by atoms with Crippen LogP contribution >= 0.6 is 0 Å². The Hall–Kier alpha value is -2.76. The minimum Gasteiger partial charge on any atom is -0.497 e. The van der Waals surface area contributed by atoms with Gasteiger partial charge >= 0.3 is 5.97 Å². The Labute approximate surface area is 121 Å². The third-order valence-corrected chi connectivity index (χ3v) is 3.01. The first-order valence-corrected chi connectivity index (χ1v) is 6.20. The van der Waals surface area contributed by atoms with Crippen LogP contribution in [0.2, 0.25) is 0 Å². The van der Waals surface area contributed by atoms with Gasteiger partial charge in [-0.3, -0.25) is 0 Å². The van der Waals surface area contributed by atoms with Crippen LogP contribution in [0.25, 0.3) is 0 Å². The first-order valence-electron chi connectivity index (χ1n) is 6.20. The first kappa shape index (κ1) is 14.6. The number of nitrogens with two attached hydrogens (primary N) is 1. The summed E-state index contributed by atoms with van der Waals surface area (Å²) in [5, 5.41) is 11.8. The maximum Gasteiger partial charge on any atom is 0.338 e. The van der Waals surface area contributed by atoms with E-state index < -0.39 is 17.3 Å². The van der Waals surface area contributed by atoms with Gasteiger partial charge in [0.25, 0.3) is 0 Å². The Balaban J connectivity index is 2.12. The zero-order chi connectivity index (χ0) is 15.4. The van der Waals surface area contributed by atoms with E-state index in [1.54, 1.807) is 7.11 Å². The van der Waals surface area contributed by atoms with Crippen molar-refractivity contribution in [2.45, 2.75) is 6.54 Å². The summed E-state index contributed by atoms with van der Waals surface area (Å²) in [5.41, 5.74) is 6.78. The molecule has 0 unspecified atom stereocenters. The van der Waals surface area contributed by atoms with Crippen LogP contribution in [0.5, 0.6) is 5.75 Å². The number of rotatable bonds is 5. The van der Waals surface area contributed by atoms with Gasteiger partial charge in [0.1, 0.15) is 11.6 Å². The number of carboxylic acid groups (broad SMARTS) is 1. The fourth-order valence-electron chi connectivity index (χ4n) is 1.85. The molecule has 2 rings (SSSR count). The zero-order valence-electron chi connectivity index (χ0n) is 11.4. The molecule has 0 amide bonds. The maximum atomic E-state index is 13.6. The van der Waals surface area contributed by atoms with Gasteiger partial charge in [-0.05, 0) is 29.8 Å². The Morgan fingerprint density at radius 1 is 1.33 bits per heavy atom. The van der Waals surface area contributed by atoms with E-state index in [1.807, 2.05) is 24.3 Å². The lowest BCUT2D eigenvalue weighted by molar-refractivity contribution is 0.0692. The lowest BCUT2D eigenvalue weighted by Crippen LogP contribution is -2.07. The van der Waals surface area contributed by atoms with Gasteiger partial charge in [-0.15, -0.1) is 0 Å². The van der Waals surface area contributed by atoms with E-state index in [4.69, 9.17) is 15.6 Å². The molecule has 0 radical (unpaired) electrons. The molecule has 6 heteroatoms. The number of nitrogens with one attached hydrogen (secondary N) is 1. The number of hydrogen-bond donors (Lipinski definition) is 3. The largest absolute Gasteiger partial charge is 0.497 e. The molecule has 0 atom stereocenters. The van der Waals surface area contributed by atoms with E-state index in [0.717, 1.165) is 23.4 Å². The molecule has 2 aromatic carbocycles. The molecule has 110 valence electrons. The zero-order valence-corrected chi connectivity index (χ0v) is 11.4. The van der Waals surface area contributed by atoms with Gasteiger partial charge in [0.2, 0.25) is 0 Å². The Morgan fingerprint density at radius 2 is 2.00 bits per heavy atom. The predicted octanol–water partition coefficient (Wildman–Crippen LogP) is 2.73. The number of ether oxygens (including phenoxy) is 1. The number of benzene rings is 2. The summed E-state index contributed by atoms with van der Waals surface area (Å²) in [7, 11) is 1.58. The molecule has 0 spiro atoms. The Kier molecular flexibility index (Phi) is 4.27. The van der Waals surface area contributed by atoms with E-state index in [0.29, 0.717) is 12.2 Å². The molecule has 0 heterocycles. The van der Waals surface area contributed by atoms with Crippen LogP contribution in [0.15, 0.2) is 36.4 Å². The van der Waals surface area contributed by atoms with E-state index in [9.17, 15) is 9.18 Å². The van der Waals surface area contributed by atoms with Crippen molar-refractivity contribution in [1.82, 2.24) is 0 Å². The normalized spacial score (nSPS) is 10.2. The molecule has 4 N–H and O–H groups in total. The smallest absolute Gasteiger partial charge is 0.338 e. The summed E-state index contributed by atoms with van der Waals surface area (Å²) in [5.74, 6) is -1.43. The van der Waals surface area contributed by atoms with Gasteiger partial charge in [-0.25, -0.2) is 9.18 Å². The quantitative estimate of drug-likeness (QED) is 0.737. The van der Waals surface area contributed by atoms with Crippen LogP contribution in [0.4, 0.5) is 15.8 Å². The highest BCUT2D eigenvalue weighted by Crippen LogP contribution is 2.24. The second-order valence-corrected chi connectivity index (χ2v) is 4.43. The summed E-state index contributed by atoms with van der Waals surface area (Å²) in [6.45, 7) is 0.431. The van der Waals surface area contributed by atoms with Crippen molar-refractivity contribution in [3.8, 4) is 5.75 Å². The molecule has 5 nitrogen and oxygen atoms in total. The minimum absolute atomic E-state index is 0.183. The average molecular weight is 290 g/mol. The molecule has 21 heavy (non-hydrogen) atoms. The van der Waals surface area contributed by atoms with E-state index >= 15 is 0 Å². The molecule has 0 saturated heterocycles. The van der Waals surface area contributed by atoms with Gasteiger partial charge in [0, 0.05) is 6.54 Å². The molecular weight excluding hydrogens is 275 g/mol. The highest BCUT2D eigenvalue weighted by Gasteiger charge is 2.13. The van der Waals surface area contributed by atoms with Crippen LogP contribution in [0.3, 0.4) is 0 Å². The molecule has 0 aromatic heterocycles. The fraction of sp³-hybridized carbons (Fsp3) is 0.133. The van der Waals surface area contributed by atoms with E-state index in [-0.39, 0.29) is 5.69 Å². The SMILES string of the molecule is COc1ccc(CNc2cc(F)c(C(=O)O)cc2N)cc1. The number of carbonyl (C=O) groups is 1. The standard InChI is InChI=1S/C15H15FN2O3/c1-21-10-4-2-9(3-5-10)8-18-14-7-12(16)11(15(19)20)6-13(14)17/h2-7,18H,8,17H2,1H3,(H,19,20). The summed E-state index contributed by atoms with van der Waals surface area (Å²) >= 11 is 0. The summed E-state index contributed by atoms with van der Waals surface area (Å²) in [4.78, 5) is 10.8.